The zero-order valence-electron chi connectivity index (χ0n) is 10.5. The fourth-order valence-corrected chi connectivity index (χ4v) is 1.78. The van der Waals surface area contributed by atoms with Gasteiger partial charge in [-0.3, -0.25) is 4.79 Å². The van der Waals surface area contributed by atoms with Crippen molar-refractivity contribution in [3.05, 3.63) is 0 Å². The van der Waals surface area contributed by atoms with Crippen molar-refractivity contribution in [3.63, 3.8) is 0 Å². The van der Waals surface area contributed by atoms with E-state index < -0.39 is 5.60 Å². The Hall–Kier alpha value is -1.08. The van der Waals surface area contributed by atoms with Crippen molar-refractivity contribution in [2.75, 3.05) is 20.2 Å². The molecule has 4 nitrogen and oxygen atoms in total. The molecule has 1 aliphatic rings. The predicted octanol–water partition coefficient (Wildman–Crippen LogP) is 1.56. The van der Waals surface area contributed by atoms with Gasteiger partial charge in [-0.15, -0.1) is 0 Å². The third kappa shape index (κ3) is 2.53. The largest absolute Gasteiger partial charge is 0.369 e. The minimum atomic E-state index is -0.764. The van der Waals surface area contributed by atoms with Crippen LogP contribution in [0, 0.1) is 16.7 Å². The van der Waals surface area contributed by atoms with Crippen LogP contribution >= 0.6 is 0 Å². The molecule has 0 unspecified atom stereocenters. The third-order valence-electron chi connectivity index (χ3n) is 3.45. The number of amides is 1. The van der Waals surface area contributed by atoms with Crippen LogP contribution in [0.3, 0.4) is 0 Å². The summed E-state index contributed by atoms with van der Waals surface area (Å²) in [6.45, 7) is 6.79. The van der Waals surface area contributed by atoms with Gasteiger partial charge in [-0.25, -0.2) is 0 Å². The molecule has 0 aromatic rings. The van der Waals surface area contributed by atoms with Gasteiger partial charge in [0.1, 0.15) is 5.60 Å². The molecule has 1 aliphatic heterocycles. The predicted molar refractivity (Wildman–Crippen MR) is 60.6 cm³/mol. The van der Waals surface area contributed by atoms with E-state index in [-0.39, 0.29) is 11.3 Å². The average Bonchev–Trinajstić information content (AvgIpc) is 2.29. The number of piperidine rings is 1. The maximum Gasteiger partial charge on any atom is 0.254 e. The van der Waals surface area contributed by atoms with E-state index in [1.165, 1.54) is 0 Å². The van der Waals surface area contributed by atoms with Crippen LogP contribution in [0.5, 0.6) is 0 Å². The van der Waals surface area contributed by atoms with E-state index in [1.54, 1.807) is 25.9 Å². The van der Waals surface area contributed by atoms with Gasteiger partial charge < -0.3 is 9.64 Å². The van der Waals surface area contributed by atoms with Gasteiger partial charge in [0.05, 0.1) is 11.5 Å². The number of methoxy groups -OCH3 is 1. The molecular formula is C12H20N2O2. The molecule has 4 heteroatoms. The van der Waals surface area contributed by atoms with Crippen LogP contribution in [-0.2, 0) is 9.53 Å². The van der Waals surface area contributed by atoms with E-state index in [1.807, 2.05) is 6.92 Å². The van der Waals surface area contributed by atoms with Crippen LogP contribution < -0.4 is 0 Å². The summed E-state index contributed by atoms with van der Waals surface area (Å²) in [6.07, 6.45) is 1.49. The summed E-state index contributed by atoms with van der Waals surface area (Å²) in [6, 6.07) is 2.32. The lowest BCUT2D eigenvalue weighted by Gasteiger charge is -2.38. The molecule has 1 amide bonds. The van der Waals surface area contributed by atoms with Gasteiger partial charge in [-0.1, -0.05) is 0 Å². The molecule has 0 bridgehead atoms. The smallest absolute Gasteiger partial charge is 0.254 e. The Balaban J connectivity index is 2.62. The summed E-state index contributed by atoms with van der Waals surface area (Å²) in [5.41, 5.74) is -1.03. The molecule has 1 fully saturated rings. The van der Waals surface area contributed by atoms with Gasteiger partial charge in [0.2, 0.25) is 0 Å². The molecule has 0 spiro atoms. The Morgan fingerprint density at radius 3 is 2.31 bits per heavy atom. The van der Waals surface area contributed by atoms with Crippen LogP contribution in [0.25, 0.3) is 0 Å². The normalized spacial score (nSPS) is 20.3. The van der Waals surface area contributed by atoms with Crippen molar-refractivity contribution >= 4 is 5.91 Å². The van der Waals surface area contributed by atoms with E-state index in [0.717, 1.165) is 12.8 Å². The van der Waals surface area contributed by atoms with Crippen molar-refractivity contribution in [1.29, 1.82) is 5.26 Å². The summed E-state index contributed by atoms with van der Waals surface area (Å²) >= 11 is 0. The van der Waals surface area contributed by atoms with E-state index in [2.05, 4.69) is 6.07 Å². The number of ether oxygens (including phenoxy) is 1. The van der Waals surface area contributed by atoms with Crippen LogP contribution in [0.15, 0.2) is 0 Å². The minimum Gasteiger partial charge on any atom is -0.369 e. The van der Waals surface area contributed by atoms with Crippen molar-refractivity contribution in [3.8, 4) is 6.07 Å². The number of carbonyl (C=O) groups excluding carboxylic acids is 1. The monoisotopic (exact) mass is 224 g/mol. The maximum absolute atomic E-state index is 12.1. The zero-order valence-corrected chi connectivity index (χ0v) is 10.5. The Morgan fingerprint density at radius 2 is 1.94 bits per heavy atom. The molecule has 0 radical (unpaired) electrons. The number of hydrogen-bond donors (Lipinski definition) is 0. The maximum atomic E-state index is 12.1. The second-order valence-electron chi connectivity index (χ2n) is 5.18. The van der Waals surface area contributed by atoms with Crippen molar-refractivity contribution in [1.82, 2.24) is 4.90 Å². The quantitative estimate of drug-likeness (QED) is 0.715. The Labute approximate surface area is 97.2 Å². The van der Waals surface area contributed by atoms with Gasteiger partial charge >= 0.3 is 0 Å². The molecule has 0 N–H and O–H groups in total. The Bertz CT molecular complexity index is 309. The van der Waals surface area contributed by atoms with E-state index in [4.69, 9.17) is 10.00 Å². The van der Waals surface area contributed by atoms with Gasteiger partial charge in [-0.05, 0) is 33.6 Å². The summed E-state index contributed by atoms with van der Waals surface area (Å²) in [4.78, 5) is 13.9. The first-order valence-electron chi connectivity index (χ1n) is 5.60. The lowest BCUT2D eigenvalue weighted by Crippen LogP contribution is -2.50. The summed E-state index contributed by atoms with van der Waals surface area (Å²) < 4.78 is 5.17. The van der Waals surface area contributed by atoms with Crippen molar-refractivity contribution in [2.24, 2.45) is 5.41 Å². The minimum absolute atomic E-state index is 0.00925. The second kappa shape index (κ2) is 4.42. The van der Waals surface area contributed by atoms with E-state index in [9.17, 15) is 4.79 Å². The van der Waals surface area contributed by atoms with Crippen LogP contribution in [0.1, 0.15) is 33.6 Å². The molecule has 1 rings (SSSR count). The first kappa shape index (κ1) is 13.0. The third-order valence-corrected chi connectivity index (χ3v) is 3.45. The highest BCUT2D eigenvalue weighted by molar-refractivity contribution is 5.84. The number of nitriles is 1. The molecule has 0 aliphatic carbocycles. The molecule has 0 aromatic heterocycles. The average molecular weight is 224 g/mol. The van der Waals surface area contributed by atoms with Gasteiger partial charge in [-0.2, -0.15) is 5.26 Å². The molecule has 1 saturated heterocycles. The molecule has 0 aromatic carbocycles. The first-order chi connectivity index (χ1) is 7.34. The van der Waals surface area contributed by atoms with E-state index >= 15 is 0 Å². The topological polar surface area (TPSA) is 53.3 Å². The summed E-state index contributed by atoms with van der Waals surface area (Å²) in [5, 5.41) is 9.00. The van der Waals surface area contributed by atoms with Crippen molar-refractivity contribution in [2.45, 2.75) is 39.2 Å². The second-order valence-corrected chi connectivity index (χ2v) is 5.18. The molecule has 90 valence electrons. The fraction of sp³-hybridized carbons (Fsp3) is 0.833. The highest BCUT2D eigenvalue weighted by Gasteiger charge is 2.37. The molecule has 0 saturated carbocycles. The summed E-state index contributed by atoms with van der Waals surface area (Å²) in [5.74, 6) is 0.00925. The molecule has 16 heavy (non-hydrogen) atoms. The van der Waals surface area contributed by atoms with Crippen molar-refractivity contribution < 1.29 is 9.53 Å². The lowest BCUT2D eigenvalue weighted by molar-refractivity contribution is -0.152. The molecular weight excluding hydrogens is 204 g/mol. The van der Waals surface area contributed by atoms with Crippen LogP contribution in [-0.4, -0.2) is 36.6 Å². The SMILES string of the molecule is COC(C)(C)C(=O)N1CCC(C)(C#N)CC1. The highest BCUT2D eigenvalue weighted by atomic mass is 16.5. The van der Waals surface area contributed by atoms with Gasteiger partial charge in [0, 0.05) is 20.2 Å². The number of nitrogens with zero attached hydrogens (tertiary/aromatic N) is 2. The molecule has 1 heterocycles. The van der Waals surface area contributed by atoms with Gasteiger partial charge in [0.15, 0.2) is 0 Å². The van der Waals surface area contributed by atoms with E-state index in [0.29, 0.717) is 13.1 Å². The number of rotatable bonds is 2. The highest BCUT2D eigenvalue weighted by Crippen LogP contribution is 2.30. The van der Waals surface area contributed by atoms with Crippen LogP contribution in [0.2, 0.25) is 0 Å². The standard InChI is InChI=1S/C12H20N2O2/c1-11(2,16-4)10(15)14-7-5-12(3,9-13)6-8-14/h5-8H2,1-4H3. The lowest BCUT2D eigenvalue weighted by atomic mass is 9.81. The zero-order chi connectivity index (χ0) is 12.4. The Morgan fingerprint density at radius 1 is 1.44 bits per heavy atom. The van der Waals surface area contributed by atoms with Crippen LogP contribution in [0.4, 0.5) is 0 Å². The first-order valence-corrected chi connectivity index (χ1v) is 5.60. The molecule has 0 atom stereocenters. The number of likely N-dealkylation sites (tertiary alicyclic amines) is 1. The Kier molecular flexibility index (Phi) is 3.59. The fourth-order valence-electron chi connectivity index (χ4n) is 1.78. The number of carbonyl (C=O) groups is 1. The van der Waals surface area contributed by atoms with Gasteiger partial charge in [0.25, 0.3) is 5.91 Å². The number of hydrogen-bond acceptors (Lipinski definition) is 3. The summed E-state index contributed by atoms with van der Waals surface area (Å²) in [7, 11) is 1.54.